The molecule has 37 heavy (non-hydrogen) atoms. The molecule has 0 spiro atoms. The van der Waals surface area contributed by atoms with E-state index in [9.17, 15) is 9.59 Å². The molecule has 0 atom stereocenters. The van der Waals surface area contributed by atoms with E-state index in [4.69, 9.17) is 9.47 Å². The van der Waals surface area contributed by atoms with E-state index in [1.165, 1.54) is 23.6 Å². The highest BCUT2D eigenvalue weighted by molar-refractivity contribution is 7.25. The molecule has 4 nitrogen and oxygen atoms in total. The summed E-state index contributed by atoms with van der Waals surface area (Å²) >= 11 is 1.74. The van der Waals surface area contributed by atoms with Gasteiger partial charge in [0.05, 0.1) is 25.3 Å². The highest BCUT2D eigenvalue weighted by atomic mass is 32.1. The van der Waals surface area contributed by atoms with Crippen LogP contribution in [0.5, 0.6) is 0 Å². The predicted octanol–water partition coefficient (Wildman–Crippen LogP) is 6.43. The molecule has 0 radical (unpaired) electrons. The van der Waals surface area contributed by atoms with Crippen molar-refractivity contribution < 1.29 is 19.1 Å². The molecule has 1 heterocycles. The van der Waals surface area contributed by atoms with Crippen LogP contribution in [-0.2, 0) is 9.47 Å². The number of ether oxygens (including phenoxy) is 2. The van der Waals surface area contributed by atoms with Gasteiger partial charge in [0, 0.05) is 42.4 Å². The minimum atomic E-state index is -0.366. The van der Waals surface area contributed by atoms with Crippen molar-refractivity contribution in [1.29, 1.82) is 0 Å². The first-order valence-corrected chi connectivity index (χ1v) is 12.2. The van der Waals surface area contributed by atoms with E-state index < -0.39 is 0 Å². The van der Waals surface area contributed by atoms with Gasteiger partial charge in [0.2, 0.25) is 0 Å². The monoisotopic (exact) mass is 500 g/mol. The highest BCUT2D eigenvalue weighted by Crippen LogP contribution is 2.34. The second kappa shape index (κ2) is 10.4. The average molecular weight is 501 g/mol. The zero-order chi connectivity index (χ0) is 25.8. The van der Waals surface area contributed by atoms with Crippen molar-refractivity contribution in [2.45, 2.75) is 0 Å². The highest BCUT2D eigenvalue weighted by Gasteiger charge is 2.07. The van der Waals surface area contributed by atoms with Crippen LogP contribution in [-0.4, -0.2) is 26.2 Å². The predicted molar refractivity (Wildman–Crippen MR) is 147 cm³/mol. The molecular formula is C32H20O4S. The van der Waals surface area contributed by atoms with Crippen LogP contribution in [0.4, 0.5) is 0 Å². The molecule has 5 rings (SSSR count). The molecule has 178 valence electrons. The van der Waals surface area contributed by atoms with Crippen molar-refractivity contribution in [3.05, 3.63) is 118 Å². The lowest BCUT2D eigenvalue weighted by molar-refractivity contribution is 0.0592. The number of carbonyl (C=O) groups is 2. The molecule has 0 unspecified atom stereocenters. The topological polar surface area (TPSA) is 52.6 Å². The van der Waals surface area contributed by atoms with Gasteiger partial charge in [-0.1, -0.05) is 23.7 Å². The summed E-state index contributed by atoms with van der Waals surface area (Å²) < 4.78 is 11.8. The molecule has 0 bridgehead atoms. The Labute approximate surface area is 218 Å². The van der Waals surface area contributed by atoms with Gasteiger partial charge in [-0.15, -0.1) is 11.3 Å². The van der Waals surface area contributed by atoms with Crippen LogP contribution in [0, 0.1) is 23.7 Å². The van der Waals surface area contributed by atoms with Gasteiger partial charge in [-0.3, -0.25) is 0 Å². The standard InChI is InChI=1S/C32H20O4S/c1-35-31(33)25-13-7-21(8-14-25)3-5-23-11-17-29-27(19-23)28-20-24(12-18-30(28)37-29)6-4-22-9-15-26(16-10-22)32(34)36-2/h7-20H,1-2H3. The fourth-order valence-electron chi connectivity index (χ4n) is 3.84. The Bertz CT molecular complexity index is 1640. The zero-order valence-corrected chi connectivity index (χ0v) is 20.9. The lowest BCUT2D eigenvalue weighted by atomic mass is 10.1. The first-order valence-electron chi connectivity index (χ1n) is 11.4. The summed E-state index contributed by atoms with van der Waals surface area (Å²) in [5.41, 5.74) is 4.45. The maximum absolute atomic E-state index is 11.6. The van der Waals surface area contributed by atoms with Crippen molar-refractivity contribution >= 4 is 43.4 Å². The zero-order valence-electron chi connectivity index (χ0n) is 20.1. The Morgan fingerprint density at radius 3 is 1.27 bits per heavy atom. The normalized spacial score (nSPS) is 10.2. The van der Waals surface area contributed by atoms with Gasteiger partial charge in [-0.2, -0.15) is 0 Å². The number of carbonyl (C=O) groups excluding carboxylic acids is 2. The summed E-state index contributed by atoms with van der Waals surface area (Å²) in [5.74, 6) is 12.0. The molecule has 0 aliphatic heterocycles. The smallest absolute Gasteiger partial charge is 0.337 e. The van der Waals surface area contributed by atoms with Gasteiger partial charge in [0.15, 0.2) is 0 Å². The minimum absolute atomic E-state index is 0.366. The Morgan fingerprint density at radius 2 is 0.892 bits per heavy atom. The van der Waals surface area contributed by atoms with Crippen molar-refractivity contribution in [3.63, 3.8) is 0 Å². The molecule has 5 heteroatoms. The molecular weight excluding hydrogens is 480 g/mol. The lowest BCUT2D eigenvalue weighted by Crippen LogP contribution is -2.00. The Hall–Kier alpha value is -4.84. The van der Waals surface area contributed by atoms with Gasteiger partial charge in [-0.25, -0.2) is 9.59 Å². The van der Waals surface area contributed by atoms with E-state index in [1.54, 1.807) is 35.6 Å². The number of hydrogen-bond donors (Lipinski definition) is 0. The van der Waals surface area contributed by atoms with Gasteiger partial charge in [0.1, 0.15) is 0 Å². The van der Waals surface area contributed by atoms with Gasteiger partial charge >= 0.3 is 11.9 Å². The SMILES string of the molecule is COC(=O)c1ccc(C#Cc2ccc3sc4ccc(C#Cc5ccc(C(=O)OC)cc5)cc4c3c2)cc1. The second-order valence-electron chi connectivity index (χ2n) is 8.16. The molecule has 0 fully saturated rings. The third-order valence-corrected chi connectivity index (χ3v) is 6.94. The fourth-order valence-corrected chi connectivity index (χ4v) is 4.90. The van der Waals surface area contributed by atoms with Crippen LogP contribution < -0.4 is 0 Å². The summed E-state index contributed by atoms with van der Waals surface area (Å²) in [6.07, 6.45) is 0. The van der Waals surface area contributed by atoms with Gasteiger partial charge in [-0.05, 0) is 84.9 Å². The second-order valence-corrected chi connectivity index (χ2v) is 9.25. The summed E-state index contributed by atoms with van der Waals surface area (Å²) in [5, 5.41) is 2.28. The average Bonchev–Trinajstić information content (AvgIpc) is 3.32. The number of rotatable bonds is 2. The van der Waals surface area contributed by atoms with Crippen molar-refractivity contribution in [3.8, 4) is 23.7 Å². The van der Waals surface area contributed by atoms with E-state index in [2.05, 4.69) is 47.9 Å². The van der Waals surface area contributed by atoms with E-state index in [-0.39, 0.29) is 11.9 Å². The van der Waals surface area contributed by atoms with Crippen LogP contribution in [0.25, 0.3) is 20.2 Å². The van der Waals surface area contributed by atoms with Crippen LogP contribution in [0.3, 0.4) is 0 Å². The summed E-state index contributed by atoms with van der Waals surface area (Å²) in [7, 11) is 2.73. The molecule has 0 aliphatic rings. The number of benzene rings is 4. The first-order chi connectivity index (χ1) is 18.0. The third-order valence-electron chi connectivity index (χ3n) is 5.78. The summed E-state index contributed by atoms with van der Waals surface area (Å²) in [6, 6.07) is 26.5. The van der Waals surface area contributed by atoms with Crippen LogP contribution >= 0.6 is 11.3 Å². The van der Waals surface area contributed by atoms with Crippen molar-refractivity contribution in [1.82, 2.24) is 0 Å². The number of esters is 2. The van der Waals surface area contributed by atoms with Gasteiger partial charge < -0.3 is 9.47 Å². The molecule has 0 saturated carbocycles. The number of fused-ring (bicyclic) bond motifs is 3. The fraction of sp³-hybridized carbons (Fsp3) is 0.0625. The van der Waals surface area contributed by atoms with E-state index >= 15 is 0 Å². The largest absolute Gasteiger partial charge is 0.465 e. The molecule has 1 aromatic heterocycles. The number of methoxy groups -OCH3 is 2. The van der Waals surface area contributed by atoms with Crippen LogP contribution in [0.15, 0.2) is 84.9 Å². The number of hydrogen-bond acceptors (Lipinski definition) is 5. The Kier molecular flexibility index (Phi) is 6.72. The molecule has 0 N–H and O–H groups in total. The van der Waals surface area contributed by atoms with E-state index in [1.807, 2.05) is 36.4 Å². The quantitative estimate of drug-likeness (QED) is 0.207. The summed E-state index contributed by atoms with van der Waals surface area (Å²) in [4.78, 5) is 23.2. The molecule has 4 aromatic carbocycles. The summed E-state index contributed by atoms with van der Waals surface area (Å²) in [6.45, 7) is 0. The maximum Gasteiger partial charge on any atom is 0.337 e. The molecule has 0 amide bonds. The van der Waals surface area contributed by atoms with E-state index in [0.29, 0.717) is 11.1 Å². The molecule has 0 aliphatic carbocycles. The Morgan fingerprint density at radius 1 is 0.541 bits per heavy atom. The molecule has 5 aromatic rings. The van der Waals surface area contributed by atoms with Crippen molar-refractivity contribution in [2.24, 2.45) is 0 Å². The number of thiophene rings is 1. The van der Waals surface area contributed by atoms with Crippen LogP contribution in [0.1, 0.15) is 43.0 Å². The first kappa shape index (κ1) is 23.9. The van der Waals surface area contributed by atoms with Crippen LogP contribution in [0.2, 0.25) is 0 Å². The Balaban J connectivity index is 1.42. The van der Waals surface area contributed by atoms with E-state index in [0.717, 1.165) is 33.0 Å². The lowest BCUT2D eigenvalue weighted by Gasteiger charge is -1.98. The van der Waals surface area contributed by atoms with Gasteiger partial charge in [0.25, 0.3) is 0 Å². The van der Waals surface area contributed by atoms with Crippen molar-refractivity contribution in [2.75, 3.05) is 14.2 Å². The maximum atomic E-state index is 11.6. The third kappa shape index (κ3) is 5.23. The minimum Gasteiger partial charge on any atom is -0.465 e. The molecule has 0 saturated heterocycles.